The molecular formula is C10H17ClO2. The highest BCUT2D eigenvalue weighted by atomic mass is 35.5. The molecule has 0 heterocycles. The van der Waals surface area contributed by atoms with Gasteiger partial charge >= 0.3 is 5.97 Å². The molecule has 0 N–H and O–H groups in total. The lowest BCUT2D eigenvalue weighted by molar-refractivity contribution is -0.138. The molecule has 0 fully saturated rings. The summed E-state index contributed by atoms with van der Waals surface area (Å²) in [6.45, 7) is 10.6. The first-order chi connectivity index (χ1) is 6.08. The van der Waals surface area contributed by atoms with E-state index in [9.17, 15) is 4.79 Å². The van der Waals surface area contributed by atoms with Crippen LogP contribution >= 0.6 is 11.6 Å². The van der Waals surface area contributed by atoms with Crippen molar-refractivity contribution in [3.8, 4) is 0 Å². The minimum absolute atomic E-state index is 0.191. The summed E-state index contributed by atoms with van der Waals surface area (Å²) >= 11 is 4.76. The van der Waals surface area contributed by atoms with Crippen LogP contribution in [0.2, 0.25) is 0 Å². The summed E-state index contributed by atoms with van der Waals surface area (Å²) in [4.78, 5) is 10.7. The summed E-state index contributed by atoms with van der Waals surface area (Å²) < 4.78 is 4.52. The van der Waals surface area contributed by atoms with Gasteiger partial charge in [0.15, 0.2) is 0 Å². The van der Waals surface area contributed by atoms with Crippen molar-refractivity contribution in [2.75, 3.05) is 0 Å². The molecule has 0 aromatic carbocycles. The second kappa shape index (κ2) is 11.2. The lowest BCUT2D eigenvalue weighted by Gasteiger charge is -2.01. The number of carbonyl (C=O) groups excluding carboxylic acids is 1. The predicted molar refractivity (Wildman–Crippen MR) is 56.4 cm³/mol. The van der Waals surface area contributed by atoms with Crippen molar-refractivity contribution in [1.29, 1.82) is 0 Å². The largest absolute Gasteiger partial charge is 0.435 e. The molecule has 0 aliphatic carbocycles. The van der Waals surface area contributed by atoms with E-state index in [1.54, 1.807) is 0 Å². The quantitative estimate of drug-likeness (QED) is 0.518. The van der Waals surface area contributed by atoms with Gasteiger partial charge in [-0.25, -0.2) is 0 Å². The molecule has 0 rings (SSSR count). The van der Waals surface area contributed by atoms with Crippen LogP contribution in [0.3, 0.4) is 0 Å². The molecule has 0 saturated heterocycles. The lowest BCUT2D eigenvalue weighted by atomic mass is 10.1. The van der Waals surface area contributed by atoms with E-state index >= 15 is 0 Å². The van der Waals surface area contributed by atoms with E-state index in [4.69, 9.17) is 11.6 Å². The zero-order chi connectivity index (χ0) is 10.7. The summed E-state index contributed by atoms with van der Waals surface area (Å²) in [5.74, 6) is 0.362. The second-order valence-corrected chi connectivity index (χ2v) is 3.05. The molecule has 0 spiro atoms. The fraction of sp³-hybridized carbons (Fsp3) is 0.500. The normalized spacial score (nSPS) is 8.31. The highest BCUT2D eigenvalue weighted by molar-refractivity contribution is 6.25. The van der Waals surface area contributed by atoms with E-state index in [-0.39, 0.29) is 5.97 Å². The summed E-state index contributed by atoms with van der Waals surface area (Å²) in [6, 6.07) is 0. The van der Waals surface area contributed by atoms with Gasteiger partial charge in [-0.15, -0.1) is 0 Å². The monoisotopic (exact) mass is 204 g/mol. The van der Waals surface area contributed by atoms with Crippen molar-refractivity contribution in [3.05, 3.63) is 25.0 Å². The van der Waals surface area contributed by atoms with Gasteiger partial charge < -0.3 is 4.74 Å². The molecule has 0 aliphatic heterocycles. The van der Waals surface area contributed by atoms with Crippen LogP contribution in [0.25, 0.3) is 0 Å². The van der Waals surface area contributed by atoms with E-state index in [1.807, 2.05) is 0 Å². The van der Waals surface area contributed by atoms with Crippen molar-refractivity contribution in [1.82, 2.24) is 0 Å². The average Bonchev–Trinajstić information content (AvgIpc) is 2.03. The Balaban J connectivity index is 0. The summed E-state index contributed by atoms with van der Waals surface area (Å²) in [5, 5.41) is 0. The van der Waals surface area contributed by atoms with Crippen LogP contribution in [-0.2, 0) is 9.53 Å². The molecule has 0 bridgehead atoms. The summed E-state index contributed by atoms with van der Waals surface area (Å²) in [6.07, 6.45) is 2.54. The summed E-state index contributed by atoms with van der Waals surface area (Å²) in [5.41, 5.74) is 1.22. The van der Waals surface area contributed by atoms with E-state index in [1.165, 1.54) is 11.8 Å². The van der Waals surface area contributed by atoms with Gasteiger partial charge in [-0.3, -0.25) is 4.79 Å². The van der Waals surface area contributed by atoms with E-state index in [0.717, 1.165) is 6.42 Å². The zero-order valence-electron chi connectivity index (χ0n) is 8.25. The highest BCUT2D eigenvalue weighted by Gasteiger charge is 2.01. The SMILES string of the molecule is C=CCl.C=COC(=O)CCC(C)C. The minimum atomic E-state index is -0.191. The maximum Gasteiger partial charge on any atom is 0.310 e. The smallest absolute Gasteiger partial charge is 0.310 e. The van der Waals surface area contributed by atoms with E-state index in [2.05, 4.69) is 31.7 Å². The molecule has 0 aromatic rings. The van der Waals surface area contributed by atoms with Gasteiger partial charge in [0.25, 0.3) is 0 Å². The summed E-state index contributed by atoms with van der Waals surface area (Å²) in [7, 11) is 0. The number of ether oxygens (including phenoxy) is 1. The molecule has 0 unspecified atom stereocenters. The molecule has 3 heteroatoms. The molecule has 0 atom stereocenters. The number of hydrogen-bond donors (Lipinski definition) is 0. The Hall–Kier alpha value is -0.760. The van der Waals surface area contributed by atoms with Crippen LogP contribution in [0.5, 0.6) is 0 Å². The topological polar surface area (TPSA) is 26.3 Å². The first-order valence-electron chi connectivity index (χ1n) is 4.10. The highest BCUT2D eigenvalue weighted by Crippen LogP contribution is 2.03. The maximum atomic E-state index is 10.7. The zero-order valence-corrected chi connectivity index (χ0v) is 9.01. The van der Waals surface area contributed by atoms with Crippen LogP contribution in [-0.4, -0.2) is 5.97 Å². The first-order valence-corrected chi connectivity index (χ1v) is 4.53. The van der Waals surface area contributed by atoms with Gasteiger partial charge in [-0.05, 0) is 17.9 Å². The third-order valence-corrected chi connectivity index (χ3v) is 1.14. The minimum Gasteiger partial charge on any atom is -0.435 e. The Kier molecular flexibility index (Phi) is 12.8. The van der Waals surface area contributed by atoms with Crippen LogP contribution < -0.4 is 0 Å². The number of hydrogen-bond acceptors (Lipinski definition) is 2. The van der Waals surface area contributed by atoms with Crippen molar-refractivity contribution >= 4 is 17.6 Å². The molecule has 0 amide bonds. The van der Waals surface area contributed by atoms with Gasteiger partial charge in [0, 0.05) is 6.42 Å². The van der Waals surface area contributed by atoms with Crippen LogP contribution in [0.15, 0.2) is 25.0 Å². The Bertz CT molecular complexity index is 153. The fourth-order valence-corrected chi connectivity index (χ4v) is 0.558. The second-order valence-electron chi connectivity index (χ2n) is 2.74. The molecular weight excluding hydrogens is 188 g/mol. The Morgan fingerprint density at radius 2 is 2.00 bits per heavy atom. The Morgan fingerprint density at radius 1 is 1.54 bits per heavy atom. The lowest BCUT2D eigenvalue weighted by Crippen LogP contribution is -2.00. The molecule has 2 nitrogen and oxygen atoms in total. The molecule has 0 saturated carbocycles. The van der Waals surface area contributed by atoms with Gasteiger partial charge in [-0.2, -0.15) is 0 Å². The molecule has 0 aliphatic rings. The standard InChI is InChI=1S/C8H14O2.C2H3Cl/c1-4-10-8(9)6-5-7(2)3;1-2-3/h4,7H,1,5-6H2,2-3H3;2H,1H2. The Morgan fingerprint density at radius 3 is 2.31 bits per heavy atom. The molecule has 76 valence electrons. The third kappa shape index (κ3) is 18.3. The predicted octanol–water partition coefficient (Wildman–Crippen LogP) is 3.48. The molecule has 13 heavy (non-hydrogen) atoms. The molecule has 0 aromatic heterocycles. The number of rotatable bonds is 4. The van der Waals surface area contributed by atoms with Gasteiger partial charge in [0.1, 0.15) is 0 Å². The van der Waals surface area contributed by atoms with Gasteiger partial charge in [0.2, 0.25) is 0 Å². The maximum absolute atomic E-state index is 10.7. The van der Waals surface area contributed by atoms with Crippen molar-refractivity contribution in [3.63, 3.8) is 0 Å². The number of carbonyl (C=O) groups is 1. The van der Waals surface area contributed by atoms with Gasteiger partial charge in [0.05, 0.1) is 6.26 Å². The van der Waals surface area contributed by atoms with E-state index < -0.39 is 0 Å². The van der Waals surface area contributed by atoms with Crippen molar-refractivity contribution in [2.24, 2.45) is 5.92 Å². The van der Waals surface area contributed by atoms with Crippen molar-refractivity contribution in [2.45, 2.75) is 26.7 Å². The average molecular weight is 205 g/mol. The third-order valence-electron chi connectivity index (χ3n) is 1.14. The van der Waals surface area contributed by atoms with Crippen molar-refractivity contribution < 1.29 is 9.53 Å². The first kappa shape index (κ1) is 14.7. The fourth-order valence-electron chi connectivity index (χ4n) is 0.558. The van der Waals surface area contributed by atoms with Crippen LogP contribution in [0.4, 0.5) is 0 Å². The molecule has 0 radical (unpaired) electrons. The Labute approximate surface area is 85.2 Å². The number of esters is 1. The van der Waals surface area contributed by atoms with Crippen LogP contribution in [0.1, 0.15) is 26.7 Å². The van der Waals surface area contributed by atoms with E-state index in [0.29, 0.717) is 12.3 Å². The van der Waals surface area contributed by atoms with Crippen LogP contribution in [0, 0.1) is 5.92 Å². The number of halogens is 1. The van der Waals surface area contributed by atoms with Gasteiger partial charge in [-0.1, -0.05) is 38.6 Å².